The summed E-state index contributed by atoms with van der Waals surface area (Å²) in [5, 5.41) is 3.06. The van der Waals surface area contributed by atoms with Crippen LogP contribution in [-0.2, 0) is 11.8 Å². The smallest absolute Gasteiger partial charge is 0.274 e. The number of rotatable bonds is 7. The first-order chi connectivity index (χ1) is 9.26. The van der Waals surface area contributed by atoms with Gasteiger partial charge >= 0.3 is 0 Å². The first kappa shape index (κ1) is 17.2. The summed E-state index contributed by atoms with van der Waals surface area (Å²) in [6.07, 6.45) is 3.40. The van der Waals surface area contributed by atoms with Gasteiger partial charge in [0.05, 0.1) is 0 Å². The molecule has 6 heteroatoms. The molecule has 1 rings (SSSR count). The van der Waals surface area contributed by atoms with Crippen molar-refractivity contribution in [2.75, 3.05) is 18.7 Å². The summed E-state index contributed by atoms with van der Waals surface area (Å²) < 4.78 is 7.94. The monoisotopic (exact) mass is 358 g/mol. The fraction of sp³-hybridized carbons (Fsp3) is 0.500. The molecule has 0 aliphatic rings. The van der Waals surface area contributed by atoms with Gasteiger partial charge in [-0.05, 0) is 22.0 Å². The average Bonchev–Trinajstić information content (AvgIpc) is 2.33. The van der Waals surface area contributed by atoms with Crippen molar-refractivity contribution in [3.8, 4) is 0 Å². The van der Waals surface area contributed by atoms with Gasteiger partial charge in [-0.2, -0.15) is 0 Å². The summed E-state index contributed by atoms with van der Waals surface area (Å²) in [4.78, 5) is 12.1. The van der Waals surface area contributed by atoms with E-state index in [-0.39, 0.29) is 5.56 Å². The normalized spacial score (nSPS) is 11.4. The van der Waals surface area contributed by atoms with E-state index >= 15 is 0 Å². The van der Waals surface area contributed by atoms with Crippen LogP contribution < -0.4 is 10.9 Å². The van der Waals surface area contributed by atoms with Crippen LogP contribution in [0.3, 0.4) is 0 Å². The molecule has 0 amide bonds. The topological polar surface area (TPSA) is 43.3 Å². The predicted molar refractivity (Wildman–Crippen MR) is 92.1 cm³/mol. The van der Waals surface area contributed by atoms with Crippen LogP contribution in [0.1, 0.15) is 5.56 Å². The Morgan fingerprint density at radius 3 is 2.70 bits per heavy atom. The molecule has 0 aromatic carbocycles. The van der Waals surface area contributed by atoms with Crippen LogP contribution in [0.4, 0.5) is 5.69 Å². The molecule has 0 fully saturated rings. The third-order valence-electron chi connectivity index (χ3n) is 2.92. The number of nitrogens with one attached hydrogen (secondary N) is 1. The Bertz CT molecular complexity index is 535. The molecule has 0 aliphatic heterocycles. The van der Waals surface area contributed by atoms with Gasteiger partial charge in [0.1, 0.15) is 12.4 Å². The molecule has 0 atom stereocenters. The average molecular weight is 359 g/mol. The Labute approximate surface area is 130 Å². The Morgan fingerprint density at radius 2 is 2.15 bits per heavy atom. The molecule has 0 saturated carbocycles. The van der Waals surface area contributed by atoms with Crippen molar-refractivity contribution in [2.24, 2.45) is 7.05 Å². The zero-order valence-electron chi connectivity index (χ0n) is 12.6. The van der Waals surface area contributed by atoms with E-state index in [1.54, 1.807) is 19.3 Å². The highest BCUT2D eigenvalue weighted by Gasteiger charge is 2.13. The summed E-state index contributed by atoms with van der Waals surface area (Å²) in [6.45, 7) is 11.7. The van der Waals surface area contributed by atoms with Gasteiger partial charge in [0.25, 0.3) is 5.56 Å². The van der Waals surface area contributed by atoms with Gasteiger partial charge in [-0.1, -0.05) is 32.3 Å². The lowest BCUT2D eigenvalue weighted by atomic mass is 10.2. The molecule has 0 unspecified atom stereocenters. The Hall–Kier alpha value is -0.853. The predicted octanol–water partition coefficient (Wildman–Crippen LogP) is 3.52. The lowest BCUT2D eigenvalue weighted by molar-refractivity contribution is 0.166. The molecule has 112 valence electrons. The molecule has 20 heavy (non-hydrogen) atoms. The fourth-order valence-electron chi connectivity index (χ4n) is 1.65. The van der Waals surface area contributed by atoms with E-state index in [0.717, 1.165) is 22.7 Å². The fourth-order valence-corrected chi connectivity index (χ4v) is 3.08. The van der Waals surface area contributed by atoms with E-state index in [1.807, 2.05) is 0 Å². The van der Waals surface area contributed by atoms with Crippen LogP contribution in [0.2, 0.25) is 25.7 Å². The van der Waals surface area contributed by atoms with Gasteiger partial charge in [-0.15, -0.1) is 0 Å². The zero-order valence-corrected chi connectivity index (χ0v) is 15.2. The van der Waals surface area contributed by atoms with Crippen molar-refractivity contribution in [3.63, 3.8) is 0 Å². The molecule has 1 heterocycles. The zero-order chi connectivity index (χ0) is 15.3. The number of anilines is 1. The third kappa shape index (κ3) is 4.92. The van der Waals surface area contributed by atoms with Crippen molar-refractivity contribution in [1.29, 1.82) is 0 Å². The first-order valence-electron chi connectivity index (χ1n) is 6.59. The summed E-state index contributed by atoms with van der Waals surface area (Å²) >= 11 is 3.43. The lowest BCUT2D eigenvalue weighted by Gasteiger charge is -2.16. The molecule has 0 radical (unpaired) electrons. The van der Waals surface area contributed by atoms with Crippen LogP contribution in [0.5, 0.6) is 0 Å². The molecule has 1 N–H and O–H groups in total. The number of aryl methyl sites for hydroxylation is 1. The van der Waals surface area contributed by atoms with Crippen LogP contribution in [0.15, 0.2) is 22.0 Å². The molecule has 4 nitrogen and oxygen atoms in total. The molecular formula is C14H23BrN2O2Si. The number of hydrogen-bond donors (Lipinski definition) is 1. The molecule has 1 aromatic rings. The Kier molecular flexibility index (Phi) is 6.23. The molecule has 0 aliphatic carbocycles. The quantitative estimate of drug-likeness (QED) is 0.460. The van der Waals surface area contributed by atoms with Crippen LogP contribution in [0, 0.1) is 0 Å². The standard InChI is InChI=1S/C14H23BrN2O2Si/c1-6-11-12(15)9-17(2)14(18)13(11)16-10-19-7-8-20(3,4)5/h6,9,16H,1,7-8,10H2,2-5H3. The number of halogens is 1. The maximum Gasteiger partial charge on any atom is 0.274 e. The lowest BCUT2D eigenvalue weighted by Crippen LogP contribution is -2.25. The van der Waals surface area contributed by atoms with E-state index in [0.29, 0.717) is 12.4 Å². The number of hydrogen-bond acceptors (Lipinski definition) is 3. The van der Waals surface area contributed by atoms with Crippen molar-refractivity contribution >= 4 is 35.8 Å². The minimum absolute atomic E-state index is 0.0862. The first-order valence-corrected chi connectivity index (χ1v) is 11.1. The minimum atomic E-state index is -1.08. The summed E-state index contributed by atoms with van der Waals surface area (Å²) in [5.74, 6) is 0. The summed E-state index contributed by atoms with van der Waals surface area (Å²) in [5.41, 5.74) is 1.20. The number of pyridine rings is 1. The van der Waals surface area contributed by atoms with Crippen LogP contribution in [-0.4, -0.2) is 26.0 Å². The van der Waals surface area contributed by atoms with Gasteiger partial charge in [0.2, 0.25) is 0 Å². The minimum Gasteiger partial charge on any atom is -0.362 e. The molecule has 1 aromatic heterocycles. The second kappa shape index (κ2) is 7.24. The SMILES string of the molecule is C=Cc1c(Br)cn(C)c(=O)c1NCOCC[Si](C)(C)C. The highest BCUT2D eigenvalue weighted by atomic mass is 79.9. The van der Waals surface area contributed by atoms with E-state index in [2.05, 4.69) is 47.5 Å². The van der Waals surface area contributed by atoms with Gasteiger partial charge in [-0.25, -0.2) is 0 Å². The third-order valence-corrected chi connectivity index (χ3v) is 5.26. The Morgan fingerprint density at radius 1 is 1.50 bits per heavy atom. The van der Waals surface area contributed by atoms with Crippen molar-refractivity contribution in [3.05, 3.63) is 33.2 Å². The second-order valence-corrected chi connectivity index (χ2v) is 12.4. The summed E-state index contributed by atoms with van der Waals surface area (Å²) in [6, 6.07) is 1.11. The van der Waals surface area contributed by atoms with Gasteiger partial charge in [0, 0.05) is 38.0 Å². The number of nitrogens with zero attached hydrogens (tertiary/aromatic N) is 1. The largest absolute Gasteiger partial charge is 0.362 e. The maximum atomic E-state index is 12.1. The van der Waals surface area contributed by atoms with Gasteiger partial charge in [0.15, 0.2) is 0 Å². The molecular weight excluding hydrogens is 336 g/mol. The van der Waals surface area contributed by atoms with Crippen molar-refractivity contribution in [1.82, 2.24) is 4.57 Å². The molecule has 0 spiro atoms. The van der Waals surface area contributed by atoms with E-state index in [9.17, 15) is 4.79 Å². The van der Waals surface area contributed by atoms with Gasteiger partial charge < -0.3 is 14.6 Å². The highest BCUT2D eigenvalue weighted by molar-refractivity contribution is 9.10. The highest BCUT2D eigenvalue weighted by Crippen LogP contribution is 2.22. The van der Waals surface area contributed by atoms with E-state index in [1.165, 1.54) is 4.57 Å². The maximum absolute atomic E-state index is 12.1. The number of ether oxygens (including phenoxy) is 1. The van der Waals surface area contributed by atoms with Crippen LogP contribution in [0.25, 0.3) is 6.08 Å². The number of aromatic nitrogens is 1. The van der Waals surface area contributed by atoms with Crippen molar-refractivity contribution < 1.29 is 4.74 Å². The molecule has 0 saturated heterocycles. The summed E-state index contributed by atoms with van der Waals surface area (Å²) in [7, 11) is 0.644. The van der Waals surface area contributed by atoms with E-state index < -0.39 is 8.07 Å². The van der Waals surface area contributed by atoms with Gasteiger partial charge in [-0.3, -0.25) is 4.79 Å². The second-order valence-electron chi connectivity index (χ2n) is 5.93. The van der Waals surface area contributed by atoms with E-state index in [4.69, 9.17) is 4.74 Å². The van der Waals surface area contributed by atoms with Crippen LogP contribution >= 0.6 is 15.9 Å². The molecule has 0 bridgehead atoms. The Balaban J connectivity index is 2.69. The van der Waals surface area contributed by atoms with Crippen molar-refractivity contribution in [2.45, 2.75) is 25.7 Å².